The molecule has 6 heteroatoms. The van der Waals surface area contributed by atoms with E-state index in [0.29, 0.717) is 0 Å². The highest BCUT2D eigenvalue weighted by Gasteiger charge is 2.08. The molecular formula is C7H7NO2S3. The summed E-state index contributed by atoms with van der Waals surface area (Å²) in [6, 6.07) is 3.87. The number of sulfonamides is 1. The van der Waals surface area contributed by atoms with Gasteiger partial charge in [0, 0.05) is 14.3 Å². The zero-order chi connectivity index (χ0) is 9.47. The molecule has 2 rings (SSSR count). The third-order valence-corrected chi connectivity index (χ3v) is 4.52. The first kappa shape index (κ1) is 9.14. The van der Waals surface area contributed by atoms with Gasteiger partial charge in [-0.25, -0.2) is 13.6 Å². The van der Waals surface area contributed by atoms with Crippen molar-refractivity contribution in [2.75, 3.05) is 0 Å². The number of hydrogen-bond donors (Lipinski definition) is 1. The third kappa shape index (κ3) is 2.08. The van der Waals surface area contributed by atoms with Crippen LogP contribution in [0.2, 0.25) is 0 Å². The number of hydrogen-bond acceptors (Lipinski definition) is 4. The Labute approximate surface area is 83.9 Å². The van der Waals surface area contributed by atoms with E-state index in [-0.39, 0.29) is 5.75 Å². The average molecular weight is 233 g/mol. The Kier molecular flexibility index (Phi) is 2.15. The molecule has 0 aliphatic heterocycles. The molecule has 70 valence electrons. The Bertz CT molecular complexity index is 494. The van der Waals surface area contributed by atoms with Gasteiger partial charge in [0.1, 0.15) is 0 Å². The van der Waals surface area contributed by atoms with Gasteiger partial charge in [-0.1, -0.05) is 0 Å². The van der Waals surface area contributed by atoms with Gasteiger partial charge in [0.15, 0.2) is 0 Å². The molecule has 0 aliphatic carbocycles. The first-order valence-corrected chi connectivity index (χ1v) is 6.92. The van der Waals surface area contributed by atoms with E-state index in [1.807, 2.05) is 17.5 Å². The van der Waals surface area contributed by atoms with E-state index in [4.69, 9.17) is 5.14 Å². The average Bonchev–Trinajstić information content (AvgIpc) is 2.40. The van der Waals surface area contributed by atoms with Gasteiger partial charge in [-0.15, -0.1) is 22.7 Å². The fourth-order valence-electron chi connectivity index (χ4n) is 1.09. The molecule has 0 radical (unpaired) electrons. The second-order valence-corrected chi connectivity index (χ2v) is 6.40. The molecule has 0 aromatic carbocycles. The van der Waals surface area contributed by atoms with Crippen molar-refractivity contribution in [1.29, 1.82) is 0 Å². The van der Waals surface area contributed by atoms with Crippen molar-refractivity contribution in [2.24, 2.45) is 5.14 Å². The zero-order valence-corrected chi connectivity index (χ0v) is 9.01. The summed E-state index contributed by atoms with van der Waals surface area (Å²) in [7, 11) is -3.39. The Hall–Kier alpha value is -0.430. The van der Waals surface area contributed by atoms with Crippen LogP contribution in [-0.4, -0.2) is 8.42 Å². The van der Waals surface area contributed by atoms with Crippen molar-refractivity contribution >= 4 is 42.1 Å². The molecule has 0 amide bonds. The second-order valence-electron chi connectivity index (χ2n) is 2.67. The predicted molar refractivity (Wildman–Crippen MR) is 56.5 cm³/mol. The molecule has 2 aromatic rings. The molecule has 2 N–H and O–H groups in total. The lowest BCUT2D eigenvalue weighted by Gasteiger charge is -1.91. The van der Waals surface area contributed by atoms with E-state index in [0.717, 1.165) is 14.3 Å². The summed E-state index contributed by atoms with van der Waals surface area (Å²) >= 11 is 3.09. The fraction of sp³-hybridized carbons (Fsp3) is 0.143. The van der Waals surface area contributed by atoms with E-state index in [9.17, 15) is 8.42 Å². The van der Waals surface area contributed by atoms with E-state index < -0.39 is 10.0 Å². The Morgan fingerprint density at radius 2 is 2.15 bits per heavy atom. The monoisotopic (exact) mass is 233 g/mol. The highest BCUT2D eigenvalue weighted by Crippen LogP contribution is 2.30. The molecule has 3 nitrogen and oxygen atoms in total. The smallest absolute Gasteiger partial charge is 0.214 e. The molecule has 0 saturated carbocycles. The fourth-order valence-corrected chi connectivity index (χ4v) is 4.22. The van der Waals surface area contributed by atoms with Crippen LogP contribution in [0.1, 0.15) is 4.88 Å². The van der Waals surface area contributed by atoms with Crippen molar-refractivity contribution in [3.05, 3.63) is 22.4 Å². The predicted octanol–water partition coefficient (Wildman–Crippen LogP) is 1.75. The summed E-state index contributed by atoms with van der Waals surface area (Å²) in [6.07, 6.45) is 0. The van der Waals surface area contributed by atoms with Gasteiger partial charge >= 0.3 is 0 Å². The summed E-state index contributed by atoms with van der Waals surface area (Å²) in [5.41, 5.74) is 0. The molecular weight excluding hydrogens is 226 g/mol. The maximum absolute atomic E-state index is 10.8. The topological polar surface area (TPSA) is 60.2 Å². The molecule has 2 aromatic heterocycles. The number of rotatable bonds is 2. The van der Waals surface area contributed by atoms with Crippen LogP contribution in [0.3, 0.4) is 0 Å². The summed E-state index contributed by atoms with van der Waals surface area (Å²) in [5.74, 6) is -0.0565. The molecule has 0 aliphatic rings. The summed E-state index contributed by atoms with van der Waals surface area (Å²) < 4.78 is 23.8. The lowest BCUT2D eigenvalue weighted by molar-refractivity contribution is 0.597. The first-order chi connectivity index (χ1) is 6.04. The Balaban J connectivity index is 2.41. The maximum atomic E-state index is 10.8. The Morgan fingerprint density at radius 1 is 1.38 bits per heavy atom. The van der Waals surface area contributed by atoms with Gasteiger partial charge in [-0.2, -0.15) is 0 Å². The molecule has 0 saturated heterocycles. The van der Waals surface area contributed by atoms with E-state index >= 15 is 0 Å². The molecule has 0 fully saturated rings. The van der Waals surface area contributed by atoms with Crippen molar-refractivity contribution in [2.45, 2.75) is 5.75 Å². The Morgan fingerprint density at radius 3 is 2.77 bits per heavy atom. The van der Waals surface area contributed by atoms with Crippen LogP contribution < -0.4 is 5.14 Å². The standard InChI is InChI=1S/C7H7NO2S3/c8-13(9,10)4-5-3-7-6(12-5)1-2-11-7/h1-3H,4H2,(H2,8,9,10). The van der Waals surface area contributed by atoms with Gasteiger partial charge in [0.2, 0.25) is 10.0 Å². The minimum atomic E-state index is -3.39. The van der Waals surface area contributed by atoms with E-state index in [2.05, 4.69) is 0 Å². The molecule has 0 spiro atoms. The largest absolute Gasteiger partial charge is 0.228 e. The quantitative estimate of drug-likeness (QED) is 0.859. The highest BCUT2D eigenvalue weighted by molar-refractivity contribution is 7.88. The van der Waals surface area contributed by atoms with Gasteiger partial charge < -0.3 is 0 Å². The first-order valence-electron chi connectivity index (χ1n) is 3.51. The maximum Gasteiger partial charge on any atom is 0.214 e. The summed E-state index contributed by atoms with van der Waals surface area (Å²) in [6.45, 7) is 0. The SMILES string of the molecule is NS(=O)(=O)Cc1cc2sccc2s1. The van der Waals surface area contributed by atoms with Gasteiger partial charge in [-0.3, -0.25) is 0 Å². The minimum Gasteiger partial charge on any atom is -0.228 e. The summed E-state index contributed by atoms with van der Waals surface area (Å²) in [5, 5.41) is 6.93. The number of nitrogens with two attached hydrogens (primary N) is 1. The molecule has 0 bridgehead atoms. The van der Waals surface area contributed by atoms with Crippen LogP contribution in [0.15, 0.2) is 17.5 Å². The van der Waals surface area contributed by atoms with Crippen LogP contribution in [0.25, 0.3) is 9.40 Å². The van der Waals surface area contributed by atoms with Crippen LogP contribution in [0, 0.1) is 0 Å². The van der Waals surface area contributed by atoms with Crippen LogP contribution >= 0.6 is 22.7 Å². The van der Waals surface area contributed by atoms with Crippen LogP contribution in [0.4, 0.5) is 0 Å². The van der Waals surface area contributed by atoms with Gasteiger partial charge in [0.05, 0.1) is 5.75 Å². The third-order valence-electron chi connectivity index (χ3n) is 1.53. The van der Waals surface area contributed by atoms with Crippen LogP contribution in [0.5, 0.6) is 0 Å². The number of primary sulfonamides is 1. The highest BCUT2D eigenvalue weighted by atomic mass is 32.2. The van der Waals surface area contributed by atoms with Gasteiger partial charge in [-0.05, 0) is 17.5 Å². The summed E-state index contributed by atoms with van der Waals surface area (Å²) in [4.78, 5) is 0.810. The van der Waals surface area contributed by atoms with Crippen molar-refractivity contribution in [3.63, 3.8) is 0 Å². The zero-order valence-electron chi connectivity index (χ0n) is 6.56. The van der Waals surface area contributed by atoms with Crippen molar-refractivity contribution in [3.8, 4) is 0 Å². The van der Waals surface area contributed by atoms with E-state index in [1.54, 1.807) is 11.3 Å². The minimum absolute atomic E-state index is 0.0565. The molecule has 2 heterocycles. The lowest BCUT2D eigenvalue weighted by Crippen LogP contribution is -2.13. The van der Waals surface area contributed by atoms with E-state index in [1.165, 1.54) is 11.3 Å². The molecule has 13 heavy (non-hydrogen) atoms. The number of fused-ring (bicyclic) bond motifs is 1. The van der Waals surface area contributed by atoms with Crippen molar-refractivity contribution < 1.29 is 8.42 Å². The molecule has 0 atom stereocenters. The van der Waals surface area contributed by atoms with Crippen LogP contribution in [-0.2, 0) is 15.8 Å². The van der Waals surface area contributed by atoms with Crippen molar-refractivity contribution in [1.82, 2.24) is 0 Å². The second kappa shape index (κ2) is 3.06. The van der Waals surface area contributed by atoms with Gasteiger partial charge in [0.25, 0.3) is 0 Å². The normalized spacial score (nSPS) is 12.4. The molecule has 0 unspecified atom stereocenters. The lowest BCUT2D eigenvalue weighted by atomic mass is 10.5. The number of thiophene rings is 2.